The van der Waals surface area contributed by atoms with Crippen LogP contribution in [0.5, 0.6) is 0 Å². The predicted molar refractivity (Wildman–Crippen MR) is 107 cm³/mol. The molecule has 3 aromatic rings. The lowest BCUT2D eigenvalue weighted by Gasteiger charge is -2.36. The van der Waals surface area contributed by atoms with Crippen molar-refractivity contribution in [3.05, 3.63) is 94.3 Å². The highest BCUT2D eigenvalue weighted by molar-refractivity contribution is 7.94. The van der Waals surface area contributed by atoms with Gasteiger partial charge in [-0.3, -0.25) is 15.0 Å². The van der Waals surface area contributed by atoms with E-state index in [1.807, 2.05) is 0 Å². The molecule has 1 aliphatic rings. The highest BCUT2D eigenvalue weighted by atomic mass is 32.2. The first kappa shape index (κ1) is 19.5. The summed E-state index contributed by atoms with van der Waals surface area (Å²) in [6.07, 6.45) is 0. The van der Waals surface area contributed by atoms with E-state index in [1.165, 1.54) is 53.4 Å². The number of amides is 2. The highest BCUT2D eigenvalue weighted by Crippen LogP contribution is 2.38. The van der Waals surface area contributed by atoms with E-state index >= 15 is 0 Å². The van der Waals surface area contributed by atoms with Gasteiger partial charge in [0.25, 0.3) is 15.7 Å². The number of nitro groups is 1. The number of non-ortho nitro benzene ring substituents is 1. The predicted octanol–water partition coefficient (Wildman–Crippen LogP) is 4.07. The molecule has 0 N–H and O–H groups in total. The normalized spacial score (nSPS) is 15.0. The Morgan fingerprint density at radius 1 is 0.933 bits per heavy atom. The van der Waals surface area contributed by atoms with Crippen molar-refractivity contribution in [2.45, 2.75) is 11.4 Å². The van der Waals surface area contributed by atoms with Gasteiger partial charge in [0.2, 0.25) is 0 Å². The van der Waals surface area contributed by atoms with E-state index in [0.717, 1.165) is 12.1 Å². The Morgan fingerprint density at radius 3 is 2.20 bits per heavy atom. The molecule has 0 radical (unpaired) electrons. The van der Waals surface area contributed by atoms with Crippen LogP contribution in [0.25, 0.3) is 0 Å². The zero-order valence-electron chi connectivity index (χ0n) is 15.3. The van der Waals surface area contributed by atoms with Crippen LogP contribution in [0.4, 0.5) is 26.2 Å². The zero-order valence-corrected chi connectivity index (χ0v) is 16.1. The topological polar surface area (TPSA) is 101 Å². The molecule has 10 heteroatoms. The molecule has 0 spiro atoms. The molecule has 0 aromatic heterocycles. The third kappa shape index (κ3) is 3.26. The zero-order chi connectivity index (χ0) is 21.5. The van der Waals surface area contributed by atoms with E-state index in [4.69, 9.17) is 0 Å². The third-order valence-electron chi connectivity index (χ3n) is 4.63. The van der Waals surface area contributed by atoms with Gasteiger partial charge in [-0.2, -0.15) is 4.31 Å². The molecular weight excluding hydrogens is 413 g/mol. The molecule has 0 saturated heterocycles. The Labute approximate surface area is 171 Å². The van der Waals surface area contributed by atoms with Crippen molar-refractivity contribution < 1.29 is 22.5 Å². The van der Waals surface area contributed by atoms with Crippen molar-refractivity contribution in [3.8, 4) is 0 Å². The van der Waals surface area contributed by atoms with E-state index in [1.54, 1.807) is 12.1 Å². The third-order valence-corrected chi connectivity index (χ3v) is 6.38. The number of carbonyl (C=O) groups is 1. The number of anilines is 2. The van der Waals surface area contributed by atoms with Crippen molar-refractivity contribution in [1.82, 2.24) is 0 Å². The molecule has 0 saturated carbocycles. The van der Waals surface area contributed by atoms with Crippen LogP contribution in [0.15, 0.2) is 77.7 Å². The minimum Gasteiger partial charge on any atom is -0.287 e. The van der Waals surface area contributed by atoms with Gasteiger partial charge < -0.3 is 0 Å². The lowest BCUT2D eigenvalue weighted by Crippen LogP contribution is -2.50. The average Bonchev–Trinajstić information content (AvgIpc) is 2.73. The fourth-order valence-corrected chi connectivity index (χ4v) is 4.79. The molecule has 8 nitrogen and oxygen atoms in total. The molecule has 0 bridgehead atoms. The van der Waals surface area contributed by atoms with Gasteiger partial charge in [0.1, 0.15) is 10.7 Å². The van der Waals surface area contributed by atoms with Crippen LogP contribution in [0.2, 0.25) is 0 Å². The quantitative estimate of drug-likeness (QED) is 0.461. The van der Waals surface area contributed by atoms with E-state index in [0.29, 0.717) is 9.87 Å². The van der Waals surface area contributed by atoms with E-state index in [9.17, 15) is 27.7 Å². The molecule has 0 atom stereocenters. The molecule has 0 unspecified atom stereocenters. The molecule has 2 amide bonds. The minimum atomic E-state index is -4.21. The number of halogens is 1. The van der Waals surface area contributed by atoms with Gasteiger partial charge in [-0.25, -0.2) is 17.6 Å². The number of sulfonamides is 1. The molecule has 0 aliphatic carbocycles. The number of hydrogen-bond acceptors (Lipinski definition) is 5. The van der Waals surface area contributed by atoms with E-state index < -0.39 is 26.8 Å². The molecule has 30 heavy (non-hydrogen) atoms. The Bertz CT molecular complexity index is 1240. The SMILES string of the molecule is O=C1N(Cc2ccc([N+](=O)[O-])cc2)c2ccccc2S(=O)(=O)N1c1ccc(F)cc1. The van der Waals surface area contributed by atoms with Crippen LogP contribution >= 0.6 is 0 Å². The maximum Gasteiger partial charge on any atom is 0.343 e. The summed E-state index contributed by atoms with van der Waals surface area (Å²) in [6.45, 7) is -0.0128. The molecule has 3 aromatic carbocycles. The summed E-state index contributed by atoms with van der Waals surface area (Å²) in [5.41, 5.74) is 0.672. The molecular formula is C20H14FN3O5S. The number of nitrogens with zero attached hydrogens (tertiary/aromatic N) is 3. The summed E-state index contributed by atoms with van der Waals surface area (Å²) in [4.78, 5) is 24.8. The van der Waals surface area contributed by atoms with Gasteiger partial charge in [-0.05, 0) is 42.0 Å². The van der Waals surface area contributed by atoms with Crippen molar-refractivity contribution in [3.63, 3.8) is 0 Å². The second-order valence-electron chi connectivity index (χ2n) is 6.51. The number of benzene rings is 3. The Kier molecular flexibility index (Phi) is 4.70. The molecule has 152 valence electrons. The summed E-state index contributed by atoms with van der Waals surface area (Å²) in [6, 6.07) is 15.4. The van der Waals surface area contributed by atoms with E-state index in [-0.39, 0.29) is 28.5 Å². The van der Waals surface area contributed by atoms with Crippen LogP contribution in [0.3, 0.4) is 0 Å². The van der Waals surface area contributed by atoms with Crippen molar-refractivity contribution in [1.29, 1.82) is 0 Å². The molecule has 1 heterocycles. The van der Waals surface area contributed by atoms with Gasteiger partial charge in [-0.1, -0.05) is 24.3 Å². The van der Waals surface area contributed by atoms with Gasteiger partial charge >= 0.3 is 6.03 Å². The summed E-state index contributed by atoms with van der Waals surface area (Å²) < 4.78 is 40.2. The standard InChI is InChI=1S/C20H14FN3O5S/c21-15-7-11-16(12-8-15)23-20(25)22(13-14-5-9-17(10-6-14)24(26)27)18-3-1-2-4-19(18)30(23,28)29/h1-12H,13H2. The van der Waals surface area contributed by atoms with Gasteiger partial charge in [0.05, 0.1) is 22.8 Å². The van der Waals surface area contributed by atoms with Gasteiger partial charge in [0, 0.05) is 12.1 Å². The maximum atomic E-state index is 13.3. The fourth-order valence-electron chi connectivity index (χ4n) is 3.20. The number of fused-ring (bicyclic) bond motifs is 1. The largest absolute Gasteiger partial charge is 0.343 e. The van der Waals surface area contributed by atoms with Crippen LogP contribution < -0.4 is 9.21 Å². The second-order valence-corrected chi connectivity index (χ2v) is 8.26. The summed E-state index contributed by atoms with van der Waals surface area (Å²) in [5.74, 6) is -0.566. The van der Waals surface area contributed by atoms with Crippen molar-refractivity contribution in [2.24, 2.45) is 0 Å². The smallest absolute Gasteiger partial charge is 0.287 e. The Morgan fingerprint density at radius 2 is 1.57 bits per heavy atom. The number of nitro benzene ring substituents is 1. The minimum absolute atomic E-state index is 0.00426. The second kappa shape index (κ2) is 7.23. The van der Waals surface area contributed by atoms with Crippen LogP contribution in [0, 0.1) is 15.9 Å². The number of urea groups is 1. The summed E-state index contributed by atoms with van der Waals surface area (Å²) in [5, 5.41) is 10.9. The number of para-hydroxylation sites is 1. The van der Waals surface area contributed by atoms with Crippen LogP contribution in [0.1, 0.15) is 5.56 Å². The summed E-state index contributed by atoms with van der Waals surface area (Å²) in [7, 11) is -4.21. The Balaban J connectivity index is 1.80. The first-order valence-electron chi connectivity index (χ1n) is 8.74. The van der Waals surface area contributed by atoms with Gasteiger partial charge in [-0.15, -0.1) is 0 Å². The molecule has 4 rings (SSSR count). The van der Waals surface area contributed by atoms with E-state index in [2.05, 4.69) is 0 Å². The average molecular weight is 427 g/mol. The molecule has 0 fully saturated rings. The monoisotopic (exact) mass is 427 g/mol. The lowest BCUT2D eigenvalue weighted by atomic mass is 10.2. The first-order chi connectivity index (χ1) is 14.3. The first-order valence-corrected chi connectivity index (χ1v) is 10.2. The molecule has 1 aliphatic heterocycles. The highest BCUT2D eigenvalue weighted by Gasteiger charge is 2.42. The number of hydrogen-bond donors (Lipinski definition) is 0. The van der Waals surface area contributed by atoms with Crippen LogP contribution in [-0.4, -0.2) is 19.4 Å². The lowest BCUT2D eigenvalue weighted by molar-refractivity contribution is -0.384. The van der Waals surface area contributed by atoms with Crippen molar-refractivity contribution >= 4 is 33.1 Å². The maximum absolute atomic E-state index is 13.3. The van der Waals surface area contributed by atoms with Crippen molar-refractivity contribution in [2.75, 3.05) is 9.21 Å². The fraction of sp³-hybridized carbons (Fsp3) is 0.0500. The van der Waals surface area contributed by atoms with Gasteiger partial charge in [0.15, 0.2) is 0 Å². The summed E-state index contributed by atoms with van der Waals surface area (Å²) >= 11 is 0. The Hall–Kier alpha value is -3.79. The number of rotatable bonds is 4. The number of carbonyl (C=O) groups excluding carboxylic acids is 1. The van der Waals surface area contributed by atoms with Crippen LogP contribution in [-0.2, 0) is 16.6 Å².